The summed E-state index contributed by atoms with van der Waals surface area (Å²) >= 11 is 0. The lowest BCUT2D eigenvalue weighted by molar-refractivity contribution is 0.102. The number of rotatable bonds is 4. The van der Waals surface area contributed by atoms with Crippen molar-refractivity contribution < 1.29 is 4.79 Å². The summed E-state index contributed by atoms with van der Waals surface area (Å²) in [6.45, 7) is 1.89. The monoisotopic (exact) mass is 384 g/mol. The maximum atomic E-state index is 12.6. The Bertz CT molecular complexity index is 1200. The Hall–Kier alpha value is -4.20. The maximum absolute atomic E-state index is 12.6. The van der Waals surface area contributed by atoms with Crippen molar-refractivity contribution in [1.82, 2.24) is 25.1 Å². The van der Waals surface area contributed by atoms with Gasteiger partial charge < -0.3 is 5.32 Å². The van der Waals surface area contributed by atoms with Gasteiger partial charge in [0, 0.05) is 35.9 Å². The predicted octanol–water partition coefficient (Wildman–Crippen LogP) is 2.85. The average molecular weight is 384 g/mol. The van der Waals surface area contributed by atoms with E-state index in [0.717, 1.165) is 11.1 Å². The largest absolute Gasteiger partial charge is 0.322 e. The van der Waals surface area contributed by atoms with Crippen LogP contribution in [0.5, 0.6) is 0 Å². The van der Waals surface area contributed by atoms with Gasteiger partial charge in [-0.25, -0.2) is 15.1 Å². The second-order valence-corrected chi connectivity index (χ2v) is 6.30. The average Bonchev–Trinajstić information content (AvgIpc) is 2.76. The van der Waals surface area contributed by atoms with Crippen molar-refractivity contribution in [3.8, 4) is 22.8 Å². The molecule has 0 aliphatic carbocycles. The number of nitrogens with zero attached hydrogens (tertiary/aromatic N) is 4. The van der Waals surface area contributed by atoms with E-state index in [4.69, 9.17) is 0 Å². The van der Waals surface area contributed by atoms with E-state index < -0.39 is 0 Å². The van der Waals surface area contributed by atoms with E-state index in [1.54, 1.807) is 24.4 Å². The van der Waals surface area contributed by atoms with E-state index in [2.05, 4.69) is 30.5 Å². The molecule has 0 saturated carbocycles. The molecule has 29 heavy (non-hydrogen) atoms. The fourth-order valence-corrected chi connectivity index (χ4v) is 2.69. The lowest BCUT2D eigenvalue weighted by atomic mass is 10.1. The van der Waals surface area contributed by atoms with Crippen molar-refractivity contribution in [1.29, 1.82) is 0 Å². The number of hydrogen-bond donors (Lipinski definition) is 2. The molecule has 1 amide bonds. The molecule has 0 aliphatic heterocycles. The summed E-state index contributed by atoms with van der Waals surface area (Å²) < 4.78 is 0. The molecule has 3 heterocycles. The van der Waals surface area contributed by atoms with Gasteiger partial charge in [0.25, 0.3) is 11.5 Å². The Labute approximate surface area is 165 Å². The zero-order valence-electron chi connectivity index (χ0n) is 15.5. The number of benzene rings is 1. The van der Waals surface area contributed by atoms with Gasteiger partial charge in [0.2, 0.25) is 0 Å². The van der Waals surface area contributed by atoms with Gasteiger partial charge in [-0.05, 0) is 36.8 Å². The summed E-state index contributed by atoms with van der Waals surface area (Å²) in [6, 6.07) is 14.0. The number of carbonyl (C=O) groups excluding carboxylic acids is 1. The number of pyridine rings is 1. The molecule has 142 valence electrons. The lowest BCUT2D eigenvalue weighted by Crippen LogP contribution is -2.14. The minimum atomic E-state index is -0.327. The molecule has 0 unspecified atom stereocenters. The van der Waals surface area contributed by atoms with E-state index in [-0.39, 0.29) is 11.5 Å². The molecule has 0 aliphatic rings. The molecule has 8 nitrogen and oxygen atoms in total. The summed E-state index contributed by atoms with van der Waals surface area (Å²) in [5, 5.41) is 9.30. The first-order valence-electron chi connectivity index (χ1n) is 8.82. The SMILES string of the molecule is Cc1ccc(-c2ccc(=O)[nH]n2)cc1NC(=O)c1cnc(-c2ccccn2)nc1. The third-order valence-electron chi connectivity index (χ3n) is 4.27. The highest BCUT2D eigenvalue weighted by Crippen LogP contribution is 2.24. The van der Waals surface area contributed by atoms with Crippen LogP contribution in [0.1, 0.15) is 15.9 Å². The van der Waals surface area contributed by atoms with Gasteiger partial charge in [-0.1, -0.05) is 18.2 Å². The van der Waals surface area contributed by atoms with E-state index in [0.29, 0.717) is 28.5 Å². The third kappa shape index (κ3) is 4.06. The quantitative estimate of drug-likeness (QED) is 0.559. The Balaban J connectivity index is 1.56. The van der Waals surface area contributed by atoms with Crippen LogP contribution in [-0.4, -0.2) is 31.1 Å². The minimum absolute atomic E-state index is 0.275. The van der Waals surface area contributed by atoms with Crippen molar-refractivity contribution in [2.24, 2.45) is 0 Å². The van der Waals surface area contributed by atoms with E-state index in [1.165, 1.54) is 18.5 Å². The molecular weight excluding hydrogens is 368 g/mol. The number of carbonyl (C=O) groups is 1. The molecule has 0 radical (unpaired) electrons. The number of aryl methyl sites for hydroxylation is 1. The molecule has 8 heteroatoms. The number of anilines is 1. The highest BCUT2D eigenvalue weighted by molar-refractivity contribution is 6.04. The maximum Gasteiger partial charge on any atom is 0.264 e. The Morgan fingerprint density at radius 3 is 2.48 bits per heavy atom. The van der Waals surface area contributed by atoms with Gasteiger partial charge >= 0.3 is 0 Å². The normalized spacial score (nSPS) is 10.5. The first kappa shape index (κ1) is 18.2. The summed E-state index contributed by atoms with van der Waals surface area (Å²) in [5.41, 5.74) is 3.58. The second kappa shape index (κ2) is 7.81. The van der Waals surface area contributed by atoms with Crippen molar-refractivity contribution >= 4 is 11.6 Å². The van der Waals surface area contributed by atoms with Gasteiger partial charge in [0.05, 0.1) is 11.3 Å². The van der Waals surface area contributed by atoms with Gasteiger partial charge in [0.1, 0.15) is 5.69 Å². The van der Waals surface area contributed by atoms with Crippen molar-refractivity contribution in [3.05, 3.63) is 88.6 Å². The second-order valence-electron chi connectivity index (χ2n) is 6.30. The summed E-state index contributed by atoms with van der Waals surface area (Å²) in [5.74, 6) is 0.122. The molecule has 3 aromatic heterocycles. The highest BCUT2D eigenvalue weighted by Gasteiger charge is 2.11. The van der Waals surface area contributed by atoms with Crippen LogP contribution in [0.2, 0.25) is 0 Å². The number of hydrogen-bond acceptors (Lipinski definition) is 6. The van der Waals surface area contributed by atoms with Crippen LogP contribution in [0.15, 0.2) is 71.9 Å². The third-order valence-corrected chi connectivity index (χ3v) is 4.27. The Morgan fingerprint density at radius 1 is 0.966 bits per heavy atom. The van der Waals surface area contributed by atoms with Gasteiger partial charge in [-0.3, -0.25) is 14.6 Å². The minimum Gasteiger partial charge on any atom is -0.322 e. The number of H-pyrrole nitrogens is 1. The standard InChI is InChI=1S/C21H16N6O2/c1-13-5-6-14(16-7-8-19(28)27-26-16)10-18(13)25-21(29)15-11-23-20(24-12-15)17-4-2-3-9-22-17/h2-12H,1H3,(H,25,29)(H,27,28). The van der Waals surface area contributed by atoms with Crippen molar-refractivity contribution in [2.45, 2.75) is 6.92 Å². The first-order chi connectivity index (χ1) is 14.1. The lowest BCUT2D eigenvalue weighted by Gasteiger charge is -2.10. The zero-order valence-corrected chi connectivity index (χ0v) is 15.5. The zero-order chi connectivity index (χ0) is 20.2. The molecule has 0 atom stereocenters. The van der Waals surface area contributed by atoms with Crippen LogP contribution in [0.25, 0.3) is 22.8 Å². The Morgan fingerprint density at radius 2 is 1.79 bits per heavy atom. The fourth-order valence-electron chi connectivity index (χ4n) is 2.69. The molecule has 0 saturated heterocycles. The molecular formula is C21H16N6O2. The molecule has 2 N–H and O–H groups in total. The van der Waals surface area contributed by atoms with Crippen molar-refractivity contribution in [3.63, 3.8) is 0 Å². The fraction of sp³-hybridized carbons (Fsp3) is 0.0476. The first-order valence-corrected chi connectivity index (χ1v) is 8.82. The smallest absolute Gasteiger partial charge is 0.264 e. The molecule has 0 bridgehead atoms. The number of aromatic amines is 1. The van der Waals surface area contributed by atoms with E-state index in [1.807, 2.05) is 31.2 Å². The van der Waals surface area contributed by atoms with Gasteiger partial charge in [-0.15, -0.1) is 0 Å². The summed E-state index contributed by atoms with van der Waals surface area (Å²) in [6.07, 6.45) is 4.59. The van der Waals surface area contributed by atoms with Gasteiger partial charge in [0.15, 0.2) is 5.82 Å². The topological polar surface area (TPSA) is 114 Å². The van der Waals surface area contributed by atoms with Gasteiger partial charge in [-0.2, -0.15) is 5.10 Å². The van der Waals surface area contributed by atoms with E-state index in [9.17, 15) is 9.59 Å². The predicted molar refractivity (Wildman–Crippen MR) is 108 cm³/mol. The Kier molecular flexibility index (Phi) is 4.90. The van der Waals surface area contributed by atoms with Crippen molar-refractivity contribution in [2.75, 3.05) is 5.32 Å². The number of nitrogens with one attached hydrogen (secondary N) is 2. The van der Waals surface area contributed by atoms with Crippen LogP contribution in [0.3, 0.4) is 0 Å². The molecule has 0 fully saturated rings. The summed E-state index contributed by atoms with van der Waals surface area (Å²) in [7, 11) is 0. The van der Waals surface area contributed by atoms with Crippen LogP contribution >= 0.6 is 0 Å². The molecule has 1 aromatic carbocycles. The number of amides is 1. The molecule has 4 rings (SSSR count). The van der Waals surface area contributed by atoms with Crippen LogP contribution in [0.4, 0.5) is 5.69 Å². The summed E-state index contributed by atoms with van der Waals surface area (Å²) in [4.78, 5) is 36.5. The van der Waals surface area contributed by atoms with Crippen LogP contribution < -0.4 is 10.9 Å². The van der Waals surface area contributed by atoms with Crippen LogP contribution in [0, 0.1) is 6.92 Å². The molecule has 4 aromatic rings. The molecule has 0 spiro atoms. The highest BCUT2D eigenvalue weighted by atomic mass is 16.1. The van der Waals surface area contributed by atoms with Crippen LogP contribution in [-0.2, 0) is 0 Å². The number of aromatic nitrogens is 5. The van der Waals surface area contributed by atoms with E-state index >= 15 is 0 Å².